The summed E-state index contributed by atoms with van der Waals surface area (Å²) in [6, 6.07) is 3.58. The first-order chi connectivity index (χ1) is 9.19. The van der Waals surface area contributed by atoms with Crippen LogP contribution in [0, 0.1) is 0 Å². The van der Waals surface area contributed by atoms with Crippen LogP contribution in [0.2, 0.25) is 0 Å². The zero-order valence-corrected chi connectivity index (χ0v) is 11.3. The minimum atomic E-state index is -0.113. The fourth-order valence-electron chi connectivity index (χ4n) is 1.88. The Kier molecular flexibility index (Phi) is 4.18. The minimum Gasteiger partial charge on any atom is -0.481 e. The van der Waals surface area contributed by atoms with Gasteiger partial charge >= 0.3 is 0 Å². The van der Waals surface area contributed by atoms with Crippen LogP contribution in [0.3, 0.4) is 0 Å². The first-order valence-corrected chi connectivity index (χ1v) is 5.88. The largest absolute Gasteiger partial charge is 0.481 e. The second kappa shape index (κ2) is 5.85. The number of imidazole rings is 1. The smallest absolute Gasteiger partial charge is 0.215 e. The van der Waals surface area contributed by atoms with Crippen LogP contribution in [-0.4, -0.2) is 48.6 Å². The molecule has 1 unspecified atom stereocenters. The number of ether oxygens (including phenoxy) is 3. The van der Waals surface area contributed by atoms with E-state index in [-0.39, 0.29) is 6.10 Å². The summed E-state index contributed by atoms with van der Waals surface area (Å²) < 4.78 is 17.3. The lowest BCUT2D eigenvalue weighted by Crippen LogP contribution is -2.24. The minimum absolute atomic E-state index is 0.113. The summed E-state index contributed by atoms with van der Waals surface area (Å²) in [6.07, 6.45) is -0.113. The monoisotopic (exact) mass is 266 g/mol. The molecule has 7 nitrogen and oxygen atoms in total. The summed E-state index contributed by atoms with van der Waals surface area (Å²) in [7, 11) is 4.83. The summed E-state index contributed by atoms with van der Waals surface area (Å²) >= 11 is 0. The van der Waals surface area contributed by atoms with Gasteiger partial charge in [0.2, 0.25) is 11.8 Å². The van der Waals surface area contributed by atoms with Crippen molar-refractivity contribution in [2.75, 3.05) is 33.7 Å². The highest BCUT2D eigenvalue weighted by Gasteiger charge is 2.15. The van der Waals surface area contributed by atoms with Crippen LogP contribution in [0.25, 0.3) is 11.2 Å². The third-order valence-electron chi connectivity index (χ3n) is 2.88. The maximum Gasteiger partial charge on any atom is 0.215 e. The van der Waals surface area contributed by atoms with Gasteiger partial charge in [0.15, 0.2) is 5.65 Å². The highest BCUT2D eigenvalue weighted by Crippen LogP contribution is 2.20. The zero-order valence-electron chi connectivity index (χ0n) is 11.3. The molecule has 0 aromatic carbocycles. The first kappa shape index (κ1) is 13.6. The lowest BCUT2D eigenvalue weighted by molar-refractivity contribution is 0.0192. The standard InChI is InChI=1S/C12H18N4O3/c1-17-7-8(18-2)6-16-11-9(14-12(16)13)4-5-10(15-11)19-3/h4-5,8H,6-7H2,1-3H3,(H2,13,14). The van der Waals surface area contributed by atoms with E-state index in [1.54, 1.807) is 32.0 Å². The number of nitrogens with two attached hydrogens (primary N) is 1. The van der Waals surface area contributed by atoms with Gasteiger partial charge in [0.25, 0.3) is 0 Å². The molecule has 2 N–H and O–H groups in total. The molecule has 7 heteroatoms. The van der Waals surface area contributed by atoms with Crippen LogP contribution >= 0.6 is 0 Å². The molecular weight excluding hydrogens is 248 g/mol. The molecule has 0 radical (unpaired) electrons. The number of pyridine rings is 1. The Morgan fingerprint density at radius 2 is 2.05 bits per heavy atom. The Hall–Kier alpha value is -1.86. The van der Waals surface area contributed by atoms with E-state index in [2.05, 4.69) is 9.97 Å². The Labute approximate surface area is 111 Å². The van der Waals surface area contributed by atoms with Gasteiger partial charge in [-0.3, -0.25) is 4.57 Å². The predicted molar refractivity (Wildman–Crippen MR) is 71.2 cm³/mol. The summed E-state index contributed by atoms with van der Waals surface area (Å²) in [5.41, 5.74) is 7.32. The molecule has 0 fully saturated rings. The highest BCUT2D eigenvalue weighted by molar-refractivity contribution is 5.74. The maximum absolute atomic E-state index is 5.92. The average Bonchev–Trinajstić information content (AvgIpc) is 2.73. The fourth-order valence-corrected chi connectivity index (χ4v) is 1.88. The van der Waals surface area contributed by atoms with Gasteiger partial charge in [0.1, 0.15) is 5.52 Å². The van der Waals surface area contributed by atoms with Gasteiger partial charge in [0, 0.05) is 20.3 Å². The van der Waals surface area contributed by atoms with Gasteiger partial charge < -0.3 is 19.9 Å². The molecule has 0 aliphatic heterocycles. The van der Waals surface area contributed by atoms with Gasteiger partial charge in [-0.15, -0.1) is 0 Å². The molecule has 0 spiro atoms. The molecule has 2 rings (SSSR count). The van der Waals surface area contributed by atoms with Crippen LogP contribution in [0.4, 0.5) is 5.95 Å². The molecule has 2 heterocycles. The number of aromatic nitrogens is 3. The predicted octanol–water partition coefficient (Wildman–Crippen LogP) is 0.683. The molecule has 104 valence electrons. The summed E-state index contributed by atoms with van der Waals surface area (Å²) in [5.74, 6) is 0.920. The van der Waals surface area contributed by atoms with Crippen molar-refractivity contribution in [1.29, 1.82) is 0 Å². The molecule has 1 atom stereocenters. The average molecular weight is 266 g/mol. The van der Waals surface area contributed by atoms with Gasteiger partial charge in [-0.2, -0.15) is 4.98 Å². The van der Waals surface area contributed by atoms with E-state index in [1.165, 1.54) is 0 Å². The van der Waals surface area contributed by atoms with Gasteiger partial charge in [0.05, 0.1) is 26.4 Å². The number of hydrogen-bond donors (Lipinski definition) is 1. The van der Waals surface area contributed by atoms with Crippen molar-refractivity contribution in [2.24, 2.45) is 0 Å². The summed E-state index contributed by atoms with van der Waals surface area (Å²) in [5, 5.41) is 0. The quantitative estimate of drug-likeness (QED) is 0.827. The molecule has 2 aromatic rings. The van der Waals surface area contributed by atoms with E-state index in [0.29, 0.717) is 30.6 Å². The molecule has 19 heavy (non-hydrogen) atoms. The molecule has 0 bridgehead atoms. The lowest BCUT2D eigenvalue weighted by atomic mass is 10.3. The Morgan fingerprint density at radius 3 is 2.68 bits per heavy atom. The van der Waals surface area contributed by atoms with Crippen molar-refractivity contribution < 1.29 is 14.2 Å². The third kappa shape index (κ3) is 2.77. The van der Waals surface area contributed by atoms with Crippen LogP contribution in [0.1, 0.15) is 0 Å². The number of fused-ring (bicyclic) bond motifs is 1. The van der Waals surface area contributed by atoms with Gasteiger partial charge in [-0.25, -0.2) is 4.98 Å². The fraction of sp³-hybridized carbons (Fsp3) is 0.500. The molecular formula is C12H18N4O3. The topological polar surface area (TPSA) is 84.4 Å². The molecule has 2 aromatic heterocycles. The molecule has 0 aliphatic carbocycles. The SMILES string of the molecule is COCC(Cn1c(N)nc2ccc(OC)nc21)OC. The van der Waals surface area contributed by atoms with E-state index < -0.39 is 0 Å². The third-order valence-corrected chi connectivity index (χ3v) is 2.88. The van der Waals surface area contributed by atoms with Crippen molar-refractivity contribution in [3.63, 3.8) is 0 Å². The van der Waals surface area contributed by atoms with Crippen molar-refractivity contribution in [1.82, 2.24) is 14.5 Å². The number of rotatable bonds is 6. The van der Waals surface area contributed by atoms with E-state index in [0.717, 1.165) is 5.52 Å². The highest BCUT2D eigenvalue weighted by atomic mass is 16.5. The molecule has 0 saturated carbocycles. The van der Waals surface area contributed by atoms with Crippen LogP contribution in [-0.2, 0) is 16.0 Å². The normalized spacial score (nSPS) is 12.8. The lowest BCUT2D eigenvalue weighted by Gasteiger charge is -2.15. The Balaban J connectivity index is 2.37. The number of nitrogens with zero attached hydrogens (tertiary/aromatic N) is 3. The van der Waals surface area contributed by atoms with E-state index in [9.17, 15) is 0 Å². The van der Waals surface area contributed by atoms with Crippen molar-refractivity contribution in [3.05, 3.63) is 12.1 Å². The molecule has 0 aliphatic rings. The number of nitrogen functional groups attached to an aromatic ring is 1. The number of methoxy groups -OCH3 is 3. The zero-order chi connectivity index (χ0) is 13.8. The van der Waals surface area contributed by atoms with Crippen molar-refractivity contribution >= 4 is 17.1 Å². The van der Waals surface area contributed by atoms with Crippen LogP contribution in [0.15, 0.2) is 12.1 Å². The van der Waals surface area contributed by atoms with Gasteiger partial charge in [-0.1, -0.05) is 0 Å². The van der Waals surface area contributed by atoms with Crippen molar-refractivity contribution in [3.8, 4) is 5.88 Å². The Morgan fingerprint density at radius 1 is 1.26 bits per heavy atom. The second-order valence-corrected chi connectivity index (χ2v) is 4.09. The molecule has 0 amide bonds. The summed E-state index contributed by atoms with van der Waals surface area (Å²) in [4.78, 5) is 8.63. The maximum atomic E-state index is 5.92. The number of hydrogen-bond acceptors (Lipinski definition) is 6. The van der Waals surface area contributed by atoms with E-state index in [1.807, 2.05) is 6.07 Å². The van der Waals surface area contributed by atoms with Crippen LogP contribution < -0.4 is 10.5 Å². The molecule has 0 saturated heterocycles. The van der Waals surface area contributed by atoms with Gasteiger partial charge in [-0.05, 0) is 6.07 Å². The summed E-state index contributed by atoms with van der Waals surface area (Å²) in [6.45, 7) is 0.992. The van der Waals surface area contributed by atoms with Crippen molar-refractivity contribution in [2.45, 2.75) is 12.6 Å². The first-order valence-electron chi connectivity index (χ1n) is 5.88. The van der Waals surface area contributed by atoms with Crippen LogP contribution in [0.5, 0.6) is 5.88 Å². The number of anilines is 1. The van der Waals surface area contributed by atoms with E-state index >= 15 is 0 Å². The van der Waals surface area contributed by atoms with E-state index in [4.69, 9.17) is 19.9 Å². The Bertz CT molecular complexity index is 555. The second-order valence-electron chi connectivity index (χ2n) is 4.09.